The van der Waals surface area contributed by atoms with Crippen LogP contribution < -0.4 is 11.1 Å². The summed E-state index contributed by atoms with van der Waals surface area (Å²) in [6.07, 6.45) is -3.71. The smallest absolute Gasteiger partial charge is 0.398 e. The Kier molecular flexibility index (Phi) is 2.34. The molecule has 82 valence electrons. The van der Waals surface area contributed by atoms with Crippen molar-refractivity contribution in [3.8, 4) is 0 Å². The highest BCUT2D eigenvalue weighted by Gasteiger charge is 2.43. The summed E-state index contributed by atoms with van der Waals surface area (Å²) >= 11 is 0. The molecule has 0 unspecified atom stereocenters. The molecule has 2 nitrogen and oxygen atoms in total. The lowest BCUT2D eigenvalue weighted by atomic mass is 9.93. The number of hydrogen-bond donors (Lipinski definition) is 2. The van der Waals surface area contributed by atoms with Crippen molar-refractivity contribution in [1.82, 2.24) is 5.32 Å². The van der Waals surface area contributed by atoms with E-state index in [4.69, 9.17) is 5.73 Å². The highest BCUT2D eigenvalue weighted by Crippen LogP contribution is 2.37. The number of anilines is 1. The summed E-state index contributed by atoms with van der Waals surface area (Å²) < 4.78 is 37.9. The number of fused-ring (bicyclic) bond motifs is 1. The predicted octanol–water partition coefficient (Wildman–Crippen LogP) is 2.02. The average molecular weight is 216 g/mol. The molecule has 1 aromatic carbocycles. The molecule has 0 spiro atoms. The van der Waals surface area contributed by atoms with Gasteiger partial charge in [-0.15, -0.1) is 0 Å². The van der Waals surface area contributed by atoms with E-state index in [2.05, 4.69) is 5.32 Å². The molecule has 0 saturated carbocycles. The summed E-state index contributed by atoms with van der Waals surface area (Å²) in [6.45, 7) is 0.311. The van der Waals surface area contributed by atoms with Gasteiger partial charge in [0.1, 0.15) is 6.04 Å². The van der Waals surface area contributed by atoms with Crippen molar-refractivity contribution < 1.29 is 13.2 Å². The van der Waals surface area contributed by atoms with E-state index >= 15 is 0 Å². The molecule has 0 aromatic heterocycles. The molecule has 0 saturated heterocycles. The lowest BCUT2D eigenvalue weighted by Gasteiger charge is -2.29. The first kappa shape index (κ1) is 10.3. The highest BCUT2D eigenvalue weighted by atomic mass is 19.4. The molecule has 3 N–H and O–H groups in total. The molecule has 0 radical (unpaired) electrons. The third-order valence-electron chi connectivity index (χ3n) is 2.61. The Bertz CT molecular complexity index is 373. The molecule has 0 fully saturated rings. The van der Waals surface area contributed by atoms with E-state index in [9.17, 15) is 13.2 Å². The van der Waals surface area contributed by atoms with Crippen molar-refractivity contribution in [1.29, 1.82) is 0 Å². The monoisotopic (exact) mass is 216 g/mol. The molecular weight excluding hydrogens is 205 g/mol. The number of nitrogens with two attached hydrogens (primary N) is 1. The molecule has 2 rings (SSSR count). The summed E-state index contributed by atoms with van der Waals surface area (Å²) in [5.41, 5.74) is 6.98. The van der Waals surface area contributed by atoms with Crippen LogP contribution in [0.4, 0.5) is 18.9 Å². The van der Waals surface area contributed by atoms with Crippen molar-refractivity contribution >= 4 is 5.69 Å². The molecule has 15 heavy (non-hydrogen) atoms. The van der Waals surface area contributed by atoms with Gasteiger partial charge in [-0.2, -0.15) is 13.2 Å². The van der Waals surface area contributed by atoms with Crippen LogP contribution in [0.3, 0.4) is 0 Å². The average Bonchev–Trinajstić information content (AvgIpc) is 2.16. The van der Waals surface area contributed by atoms with Crippen LogP contribution >= 0.6 is 0 Å². The maximum Gasteiger partial charge on any atom is 0.407 e. The maximum absolute atomic E-state index is 12.6. The minimum absolute atomic E-state index is 0.258. The van der Waals surface area contributed by atoms with Crippen LogP contribution in [0.25, 0.3) is 0 Å². The number of nitrogen functional groups attached to an aromatic ring is 1. The predicted molar refractivity (Wildman–Crippen MR) is 51.4 cm³/mol. The van der Waals surface area contributed by atoms with E-state index < -0.39 is 12.2 Å². The van der Waals surface area contributed by atoms with Crippen LogP contribution in [0.5, 0.6) is 0 Å². The van der Waals surface area contributed by atoms with Crippen molar-refractivity contribution in [3.05, 3.63) is 29.3 Å². The topological polar surface area (TPSA) is 38.0 Å². The minimum atomic E-state index is -4.26. The number of alkyl halides is 3. The van der Waals surface area contributed by atoms with Crippen LogP contribution in [-0.2, 0) is 6.42 Å². The van der Waals surface area contributed by atoms with Crippen LogP contribution in [0.2, 0.25) is 0 Å². The van der Waals surface area contributed by atoms with Gasteiger partial charge in [0, 0.05) is 12.2 Å². The van der Waals surface area contributed by atoms with E-state index in [1.54, 1.807) is 12.1 Å². The normalized spacial score (nSPS) is 21.1. The van der Waals surface area contributed by atoms with E-state index in [1.165, 1.54) is 6.07 Å². The second kappa shape index (κ2) is 3.41. The first-order valence-corrected chi connectivity index (χ1v) is 4.67. The summed E-state index contributed by atoms with van der Waals surface area (Å²) in [5, 5.41) is 2.46. The zero-order chi connectivity index (χ0) is 11.1. The van der Waals surface area contributed by atoms with Crippen LogP contribution in [0, 0.1) is 0 Å². The van der Waals surface area contributed by atoms with Gasteiger partial charge in [-0.3, -0.25) is 0 Å². The lowest BCUT2D eigenvalue weighted by molar-refractivity contribution is -0.158. The second-order valence-electron chi connectivity index (χ2n) is 3.59. The molecule has 0 amide bonds. The van der Waals surface area contributed by atoms with Gasteiger partial charge in [-0.25, -0.2) is 0 Å². The lowest BCUT2D eigenvalue weighted by Crippen LogP contribution is -2.39. The molecular formula is C10H11F3N2. The van der Waals surface area contributed by atoms with Gasteiger partial charge in [0.15, 0.2) is 0 Å². The molecule has 5 heteroatoms. The van der Waals surface area contributed by atoms with Crippen LogP contribution in [-0.4, -0.2) is 12.7 Å². The van der Waals surface area contributed by atoms with Gasteiger partial charge < -0.3 is 11.1 Å². The largest absolute Gasteiger partial charge is 0.407 e. The Balaban J connectivity index is 2.48. The Hall–Kier alpha value is -1.23. The van der Waals surface area contributed by atoms with E-state index in [0.717, 1.165) is 0 Å². The van der Waals surface area contributed by atoms with Gasteiger partial charge in [0.2, 0.25) is 0 Å². The fourth-order valence-corrected chi connectivity index (χ4v) is 1.93. The van der Waals surface area contributed by atoms with E-state index in [1.807, 2.05) is 0 Å². The van der Waals surface area contributed by atoms with Crippen molar-refractivity contribution in [3.63, 3.8) is 0 Å². The molecule has 1 aliphatic heterocycles. The molecule has 1 aliphatic rings. The van der Waals surface area contributed by atoms with Crippen molar-refractivity contribution in [2.75, 3.05) is 12.3 Å². The second-order valence-corrected chi connectivity index (χ2v) is 3.59. The quantitative estimate of drug-likeness (QED) is 0.651. The van der Waals surface area contributed by atoms with Crippen LogP contribution in [0.15, 0.2) is 18.2 Å². The third-order valence-corrected chi connectivity index (χ3v) is 2.61. The van der Waals surface area contributed by atoms with E-state index in [-0.39, 0.29) is 5.56 Å². The van der Waals surface area contributed by atoms with Gasteiger partial charge in [-0.1, -0.05) is 12.1 Å². The summed E-state index contributed by atoms with van der Waals surface area (Å²) in [7, 11) is 0. The number of rotatable bonds is 0. The number of halogens is 3. The minimum Gasteiger partial charge on any atom is -0.398 e. The Morgan fingerprint density at radius 3 is 2.73 bits per heavy atom. The van der Waals surface area contributed by atoms with Gasteiger partial charge in [0.05, 0.1) is 0 Å². The maximum atomic E-state index is 12.6. The van der Waals surface area contributed by atoms with Gasteiger partial charge >= 0.3 is 6.18 Å². The van der Waals surface area contributed by atoms with Gasteiger partial charge in [-0.05, 0) is 23.6 Å². The Labute approximate surface area is 85.3 Å². The first-order chi connectivity index (χ1) is 7.00. The third kappa shape index (κ3) is 1.79. The SMILES string of the molecule is Nc1cccc2c1CCN[C@H]2C(F)(F)F. The van der Waals surface area contributed by atoms with Crippen LogP contribution in [0.1, 0.15) is 17.2 Å². The molecule has 0 bridgehead atoms. The number of hydrogen-bond acceptors (Lipinski definition) is 2. The summed E-state index contributed by atoms with van der Waals surface area (Å²) in [4.78, 5) is 0. The molecule has 0 aliphatic carbocycles. The zero-order valence-electron chi connectivity index (χ0n) is 7.93. The summed E-state index contributed by atoms with van der Waals surface area (Å²) in [5.74, 6) is 0. The van der Waals surface area contributed by atoms with Crippen molar-refractivity contribution in [2.45, 2.75) is 18.6 Å². The fraction of sp³-hybridized carbons (Fsp3) is 0.400. The fourth-order valence-electron chi connectivity index (χ4n) is 1.93. The standard InChI is InChI=1S/C10H11F3N2/c11-10(12,13)9-7-2-1-3-8(14)6(7)4-5-15-9/h1-3,9,15H,4-5,14H2/t9-/m1/s1. The Morgan fingerprint density at radius 2 is 2.07 bits per heavy atom. The Morgan fingerprint density at radius 1 is 1.33 bits per heavy atom. The number of benzene rings is 1. The molecule has 1 aromatic rings. The molecule has 1 atom stereocenters. The van der Waals surface area contributed by atoms with Gasteiger partial charge in [0.25, 0.3) is 0 Å². The molecule has 1 heterocycles. The summed E-state index contributed by atoms with van der Waals surface area (Å²) in [6, 6.07) is 3.10. The first-order valence-electron chi connectivity index (χ1n) is 4.67. The van der Waals surface area contributed by atoms with E-state index in [0.29, 0.717) is 24.2 Å². The highest BCUT2D eigenvalue weighted by molar-refractivity contribution is 5.53. The number of nitrogens with one attached hydrogen (secondary N) is 1. The van der Waals surface area contributed by atoms with Crippen molar-refractivity contribution in [2.24, 2.45) is 0 Å². The zero-order valence-corrected chi connectivity index (χ0v) is 7.93.